The van der Waals surface area contributed by atoms with E-state index in [1.54, 1.807) is 11.4 Å². The monoisotopic (exact) mass is 384 g/mol. The van der Waals surface area contributed by atoms with E-state index in [1.165, 1.54) is 5.56 Å². The molecule has 26 heavy (non-hydrogen) atoms. The van der Waals surface area contributed by atoms with Gasteiger partial charge in [0.15, 0.2) is 0 Å². The molecule has 0 aliphatic rings. The molecule has 0 saturated heterocycles. The van der Waals surface area contributed by atoms with E-state index in [0.717, 1.165) is 34.6 Å². The summed E-state index contributed by atoms with van der Waals surface area (Å²) in [6.45, 7) is 1.91. The van der Waals surface area contributed by atoms with Crippen LogP contribution >= 0.6 is 19.3 Å². The Bertz CT molecular complexity index is 875. The zero-order chi connectivity index (χ0) is 18.4. The normalized spacial score (nSPS) is 11.0. The molecule has 0 aliphatic carbocycles. The van der Waals surface area contributed by atoms with E-state index in [1.807, 2.05) is 50.4 Å². The van der Waals surface area contributed by atoms with Gasteiger partial charge in [-0.15, -0.1) is 0 Å². The minimum absolute atomic E-state index is 0.348. The molecular formula is C18H21N6PS. The van der Waals surface area contributed by atoms with Gasteiger partial charge in [-0.25, -0.2) is 15.0 Å². The molecule has 2 aromatic heterocycles. The number of aromatic nitrogens is 3. The molecule has 1 unspecified atom stereocenters. The summed E-state index contributed by atoms with van der Waals surface area (Å²) in [7, 11) is 2.19. The van der Waals surface area contributed by atoms with Gasteiger partial charge in [0.05, 0.1) is 11.4 Å². The summed E-state index contributed by atoms with van der Waals surface area (Å²) in [5.41, 5.74) is 8.90. The van der Waals surface area contributed by atoms with Crippen LogP contribution in [0.5, 0.6) is 0 Å². The van der Waals surface area contributed by atoms with E-state index in [9.17, 15) is 0 Å². The molecule has 1 atom stereocenters. The number of pyridine rings is 1. The van der Waals surface area contributed by atoms with Crippen LogP contribution in [-0.4, -0.2) is 22.0 Å². The van der Waals surface area contributed by atoms with E-state index in [4.69, 9.17) is 5.73 Å². The van der Waals surface area contributed by atoms with Crippen LogP contribution in [0.1, 0.15) is 17.1 Å². The van der Waals surface area contributed by atoms with Crippen molar-refractivity contribution in [2.45, 2.75) is 18.4 Å². The van der Waals surface area contributed by atoms with Crippen molar-refractivity contribution in [3.8, 4) is 0 Å². The Morgan fingerprint density at radius 2 is 1.85 bits per heavy atom. The summed E-state index contributed by atoms with van der Waals surface area (Å²) in [5, 5.41) is 7.18. The second-order valence-electron chi connectivity index (χ2n) is 5.62. The molecule has 6 nitrogen and oxygen atoms in total. The van der Waals surface area contributed by atoms with Gasteiger partial charge in [0.2, 0.25) is 0 Å². The van der Waals surface area contributed by atoms with Crippen molar-refractivity contribution in [1.29, 1.82) is 0 Å². The highest BCUT2D eigenvalue weighted by Gasteiger charge is 2.06. The minimum atomic E-state index is 0.348. The third-order valence-electron chi connectivity index (χ3n) is 3.59. The predicted molar refractivity (Wildman–Crippen MR) is 112 cm³/mol. The van der Waals surface area contributed by atoms with Gasteiger partial charge in [0.25, 0.3) is 0 Å². The van der Waals surface area contributed by atoms with Gasteiger partial charge in [-0.3, -0.25) is 0 Å². The zero-order valence-electron chi connectivity index (χ0n) is 14.7. The fourth-order valence-corrected chi connectivity index (χ4v) is 4.34. The molecule has 0 aliphatic heterocycles. The third-order valence-corrected chi connectivity index (χ3v) is 5.76. The summed E-state index contributed by atoms with van der Waals surface area (Å²) in [4.78, 5) is 13.5. The highest BCUT2D eigenvalue weighted by atomic mass is 32.7. The van der Waals surface area contributed by atoms with Crippen LogP contribution in [0.4, 0.5) is 17.3 Å². The molecular weight excluding hydrogens is 363 g/mol. The van der Waals surface area contributed by atoms with Gasteiger partial charge in [0, 0.05) is 27.5 Å². The van der Waals surface area contributed by atoms with Gasteiger partial charge in [-0.2, -0.15) is 0 Å². The molecule has 3 aromatic rings. The maximum Gasteiger partial charge on any atom is 0.133 e. The quantitative estimate of drug-likeness (QED) is 0.528. The average molecular weight is 384 g/mol. The molecule has 8 heteroatoms. The lowest BCUT2D eigenvalue weighted by atomic mass is 10.1. The van der Waals surface area contributed by atoms with E-state index in [2.05, 4.69) is 37.5 Å². The largest absolute Gasteiger partial charge is 0.397 e. The van der Waals surface area contributed by atoms with E-state index in [-0.39, 0.29) is 0 Å². The fourth-order valence-electron chi connectivity index (χ4n) is 2.39. The lowest BCUT2D eigenvalue weighted by Crippen LogP contribution is -2.00. The van der Waals surface area contributed by atoms with Crippen molar-refractivity contribution in [3.05, 3.63) is 65.6 Å². The second kappa shape index (κ2) is 8.83. The Kier molecular flexibility index (Phi) is 6.26. The zero-order valence-corrected chi connectivity index (χ0v) is 16.5. The number of benzene rings is 1. The Morgan fingerprint density at radius 3 is 2.62 bits per heavy atom. The Hall–Kier alpha value is -2.37. The maximum atomic E-state index is 6.00. The number of nitrogens with one attached hydrogen (secondary N) is 2. The van der Waals surface area contributed by atoms with Gasteiger partial charge >= 0.3 is 0 Å². The van der Waals surface area contributed by atoms with E-state index >= 15 is 0 Å². The van der Waals surface area contributed by atoms with Crippen molar-refractivity contribution in [2.75, 3.05) is 23.2 Å². The van der Waals surface area contributed by atoms with E-state index < -0.39 is 0 Å². The number of nitrogen functional groups attached to an aromatic ring is 1. The first-order chi connectivity index (χ1) is 12.6. The lowest BCUT2D eigenvalue weighted by Gasteiger charge is -2.10. The summed E-state index contributed by atoms with van der Waals surface area (Å²) < 4.78 is 0. The van der Waals surface area contributed by atoms with Crippen molar-refractivity contribution in [2.24, 2.45) is 0 Å². The summed E-state index contributed by atoms with van der Waals surface area (Å²) >= 11 is 1.57. The maximum absolute atomic E-state index is 6.00. The summed E-state index contributed by atoms with van der Waals surface area (Å²) in [5.74, 6) is 2.37. The van der Waals surface area contributed by atoms with Crippen LogP contribution in [-0.2, 0) is 6.42 Å². The second-order valence-corrected chi connectivity index (χ2v) is 7.89. The lowest BCUT2D eigenvalue weighted by molar-refractivity contribution is 0.974. The Labute approximate surface area is 159 Å². The fraction of sp³-hybridized carbons (Fsp3) is 0.167. The molecule has 4 N–H and O–H groups in total. The van der Waals surface area contributed by atoms with Crippen molar-refractivity contribution < 1.29 is 0 Å². The van der Waals surface area contributed by atoms with Crippen molar-refractivity contribution >= 4 is 36.6 Å². The number of nitrogens with zero attached hydrogens (tertiary/aromatic N) is 3. The topological polar surface area (TPSA) is 88.8 Å². The molecule has 2 heterocycles. The van der Waals surface area contributed by atoms with Crippen molar-refractivity contribution in [3.63, 3.8) is 0 Å². The average Bonchev–Trinajstić information content (AvgIpc) is 2.64. The summed E-state index contributed by atoms with van der Waals surface area (Å²) in [6.07, 6.45) is 0.786. The first-order valence-electron chi connectivity index (χ1n) is 8.14. The predicted octanol–water partition coefficient (Wildman–Crippen LogP) is 4.11. The van der Waals surface area contributed by atoms with Gasteiger partial charge in [-0.1, -0.05) is 41.7 Å². The minimum Gasteiger partial charge on any atom is -0.397 e. The number of hydrogen-bond donors (Lipinski definition) is 3. The van der Waals surface area contributed by atoms with Crippen molar-refractivity contribution in [1.82, 2.24) is 15.0 Å². The molecule has 134 valence electrons. The first kappa shape index (κ1) is 18.4. The van der Waals surface area contributed by atoms with E-state index in [0.29, 0.717) is 13.6 Å². The molecule has 1 aromatic carbocycles. The Balaban J connectivity index is 1.65. The highest BCUT2D eigenvalue weighted by molar-refractivity contribution is 8.49. The van der Waals surface area contributed by atoms with Gasteiger partial charge in [0.1, 0.15) is 22.5 Å². The SMILES string of the molecule is CNc1ccc(N)c(SPNc2cc(Cc3ccccc3)nc(C)n2)n1. The number of aryl methyl sites for hydroxylation is 1. The Morgan fingerprint density at radius 1 is 1.04 bits per heavy atom. The van der Waals surface area contributed by atoms with Crippen LogP contribution in [0.15, 0.2) is 53.6 Å². The third kappa shape index (κ3) is 5.07. The number of rotatable bonds is 7. The molecule has 0 bridgehead atoms. The number of nitrogens with two attached hydrogens (primary N) is 1. The van der Waals surface area contributed by atoms with Crippen LogP contribution in [0.2, 0.25) is 0 Å². The molecule has 0 saturated carbocycles. The highest BCUT2D eigenvalue weighted by Crippen LogP contribution is 2.39. The number of hydrogen-bond acceptors (Lipinski definition) is 7. The molecule has 0 radical (unpaired) electrons. The van der Waals surface area contributed by atoms with Crippen LogP contribution in [0, 0.1) is 6.92 Å². The molecule has 0 fully saturated rings. The standard InChI is InChI=1S/C18H21N6PS/c1-12-21-14(10-13-6-4-3-5-7-13)11-17(22-12)24-25-26-18-15(19)8-9-16(20-2)23-18/h3-9,11,25H,10,19H2,1-2H3,(H,20,23)(H,21,22,24). The van der Waals surface area contributed by atoms with Crippen LogP contribution < -0.4 is 16.1 Å². The number of anilines is 3. The van der Waals surface area contributed by atoms with Crippen LogP contribution in [0.3, 0.4) is 0 Å². The van der Waals surface area contributed by atoms with Gasteiger partial charge in [-0.05, 0) is 24.6 Å². The molecule has 0 amide bonds. The molecule has 3 rings (SSSR count). The summed E-state index contributed by atoms with van der Waals surface area (Å²) in [6, 6.07) is 16.0. The molecule has 0 spiro atoms. The first-order valence-corrected chi connectivity index (χ1v) is 10.7. The van der Waals surface area contributed by atoms with Crippen LogP contribution in [0.25, 0.3) is 0 Å². The smallest absolute Gasteiger partial charge is 0.133 e. The van der Waals surface area contributed by atoms with Gasteiger partial charge < -0.3 is 16.1 Å².